The Labute approximate surface area is 106 Å². The summed E-state index contributed by atoms with van der Waals surface area (Å²) in [6, 6.07) is 5.74. The number of ether oxygens (including phenoxy) is 1. The Balaban J connectivity index is 2.64. The molecule has 0 heterocycles. The van der Waals surface area contributed by atoms with Crippen LogP contribution in [0.5, 0.6) is 5.75 Å². The van der Waals surface area contributed by atoms with E-state index in [0.29, 0.717) is 0 Å². The van der Waals surface area contributed by atoms with Gasteiger partial charge in [0.2, 0.25) is 0 Å². The van der Waals surface area contributed by atoms with Crippen LogP contribution in [-0.4, -0.2) is 11.7 Å². The Morgan fingerprint density at radius 3 is 2.75 bits per heavy atom. The first-order valence-electron chi connectivity index (χ1n) is 5.75. The van der Waals surface area contributed by atoms with Gasteiger partial charge in [-0.05, 0) is 31.5 Å². The van der Waals surface area contributed by atoms with E-state index in [2.05, 4.69) is 22.9 Å². The smallest absolute Gasteiger partial charge is 0.125 e. The van der Waals surface area contributed by atoms with Crippen molar-refractivity contribution in [3.8, 4) is 5.75 Å². The van der Waals surface area contributed by atoms with Crippen LogP contribution in [0.25, 0.3) is 0 Å². The standard InChI is InChI=1S/C13H19BrO2/c1-3-4-5-8-16-13-7-6-11(14)9-12(13)10(2)15/h6-7,9-10,15H,3-5,8H2,1-2H3/t10-/m1/s1. The first-order chi connectivity index (χ1) is 7.65. The number of hydrogen-bond acceptors (Lipinski definition) is 2. The van der Waals surface area contributed by atoms with Gasteiger partial charge in [0.1, 0.15) is 5.75 Å². The maximum atomic E-state index is 9.63. The maximum absolute atomic E-state index is 9.63. The van der Waals surface area contributed by atoms with Gasteiger partial charge in [0.15, 0.2) is 0 Å². The van der Waals surface area contributed by atoms with Gasteiger partial charge in [0.05, 0.1) is 12.7 Å². The van der Waals surface area contributed by atoms with Crippen molar-refractivity contribution in [2.24, 2.45) is 0 Å². The molecule has 1 atom stereocenters. The lowest BCUT2D eigenvalue weighted by Crippen LogP contribution is -2.02. The molecule has 0 unspecified atom stereocenters. The van der Waals surface area contributed by atoms with Gasteiger partial charge in [-0.2, -0.15) is 0 Å². The van der Waals surface area contributed by atoms with Gasteiger partial charge in [0, 0.05) is 10.0 Å². The number of aliphatic hydroxyl groups excluding tert-OH is 1. The molecule has 16 heavy (non-hydrogen) atoms. The zero-order valence-corrected chi connectivity index (χ0v) is 11.5. The highest BCUT2D eigenvalue weighted by atomic mass is 79.9. The number of rotatable bonds is 6. The summed E-state index contributed by atoms with van der Waals surface area (Å²) in [4.78, 5) is 0. The second kappa shape index (κ2) is 6.92. The third-order valence-electron chi connectivity index (χ3n) is 2.43. The molecule has 90 valence electrons. The third-order valence-corrected chi connectivity index (χ3v) is 2.92. The van der Waals surface area contributed by atoms with Crippen molar-refractivity contribution >= 4 is 15.9 Å². The summed E-state index contributed by atoms with van der Waals surface area (Å²) in [5, 5.41) is 9.63. The summed E-state index contributed by atoms with van der Waals surface area (Å²) in [5.74, 6) is 0.786. The van der Waals surface area contributed by atoms with E-state index in [-0.39, 0.29) is 0 Å². The van der Waals surface area contributed by atoms with E-state index in [0.717, 1.165) is 28.8 Å². The fourth-order valence-corrected chi connectivity index (χ4v) is 1.89. The summed E-state index contributed by atoms with van der Waals surface area (Å²) >= 11 is 3.39. The lowest BCUT2D eigenvalue weighted by atomic mass is 10.1. The Bertz CT molecular complexity index is 324. The Hall–Kier alpha value is -0.540. The molecule has 0 aliphatic rings. The predicted octanol–water partition coefficient (Wildman–Crippen LogP) is 4.07. The van der Waals surface area contributed by atoms with Crippen LogP contribution in [-0.2, 0) is 0 Å². The molecule has 0 bridgehead atoms. The van der Waals surface area contributed by atoms with E-state index in [1.807, 2.05) is 18.2 Å². The molecule has 1 N–H and O–H groups in total. The fraction of sp³-hybridized carbons (Fsp3) is 0.538. The molecule has 0 aliphatic heterocycles. The third kappa shape index (κ3) is 4.14. The minimum Gasteiger partial charge on any atom is -0.493 e. The zero-order valence-electron chi connectivity index (χ0n) is 9.87. The first-order valence-corrected chi connectivity index (χ1v) is 6.54. The molecule has 3 heteroatoms. The number of aliphatic hydroxyl groups is 1. The predicted molar refractivity (Wildman–Crippen MR) is 69.8 cm³/mol. The van der Waals surface area contributed by atoms with Gasteiger partial charge in [-0.25, -0.2) is 0 Å². The van der Waals surface area contributed by atoms with Gasteiger partial charge in [-0.1, -0.05) is 35.7 Å². The fourth-order valence-electron chi connectivity index (χ4n) is 1.51. The maximum Gasteiger partial charge on any atom is 0.125 e. The summed E-state index contributed by atoms with van der Waals surface area (Å²) in [7, 11) is 0. The van der Waals surface area contributed by atoms with Crippen LogP contribution in [0.2, 0.25) is 0 Å². The molecule has 0 saturated carbocycles. The van der Waals surface area contributed by atoms with Crippen molar-refractivity contribution in [1.82, 2.24) is 0 Å². The molecule has 0 aromatic heterocycles. The van der Waals surface area contributed by atoms with Crippen LogP contribution < -0.4 is 4.74 Å². The van der Waals surface area contributed by atoms with Gasteiger partial charge in [-0.3, -0.25) is 0 Å². The highest BCUT2D eigenvalue weighted by molar-refractivity contribution is 9.10. The molecular weight excluding hydrogens is 268 g/mol. The molecule has 2 nitrogen and oxygen atoms in total. The monoisotopic (exact) mass is 286 g/mol. The number of unbranched alkanes of at least 4 members (excludes halogenated alkanes) is 2. The second-order valence-electron chi connectivity index (χ2n) is 3.91. The molecule has 0 aliphatic carbocycles. The van der Waals surface area contributed by atoms with Crippen molar-refractivity contribution in [2.75, 3.05) is 6.61 Å². The van der Waals surface area contributed by atoms with Gasteiger partial charge in [0.25, 0.3) is 0 Å². The summed E-state index contributed by atoms with van der Waals surface area (Å²) < 4.78 is 6.64. The highest BCUT2D eigenvalue weighted by Crippen LogP contribution is 2.28. The molecule has 0 fully saturated rings. The van der Waals surface area contributed by atoms with Crippen molar-refractivity contribution in [1.29, 1.82) is 0 Å². The van der Waals surface area contributed by atoms with Crippen LogP contribution >= 0.6 is 15.9 Å². The SMILES string of the molecule is CCCCCOc1ccc(Br)cc1[C@@H](C)O. The summed E-state index contributed by atoms with van der Waals surface area (Å²) in [5.41, 5.74) is 0.839. The van der Waals surface area contributed by atoms with Gasteiger partial charge >= 0.3 is 0 Å². The largest absolute Gasteiger partial charge is 0.493 e. The Morgan fingerprint density at radius 1 is 1.38 bits per heavy atom. The van der Waals surface area contributed by atoms with Crippen molar-refractivity contribution in [2.45, 2.75) is 39.2 Å². The van der Waals surface area contributed by atoms with Crippen LogP contribution in [0.1, 0.15) is 44.8 Å². The van der Waals surface area contributed by atoms with Crippen molar-refractivity contribution in [3.05, 3.63) is 28.2 Å². The minimum atomic E-state index is -0.501. The molecular formula is C13H19BrO2. The van der Waals surface area contributed by atoms with E-state index < -0.39 is 6.10 Å². The minimum absolute atomic E-state index is 0.501. The van der Waals surface area contributed by atoms with E-state index in [1.54, 1.807) is 6.92 Å². The van der Waals surface area contributed by atoms with Gasteiger partial charge < -0.3 is 9.84 Å². The average molecular weight is 287 g/mol. The molecule has 0 spiro atoms. The lowest BCUT2D eigenvalue weighted by molar-refractivity contribution is 0.190. The van der Waals surface area contributed by atoms with Crippen molar-refractivity contribution in [3.63, 3.8) is 0 Å². The normalized spacial score (nSPS) is 12.5. The van der Waals surface area contributed by atoms with E-state index in [4.69, 9.17) is 4.74 Å². The molecule has 0 amide bonds. The van der Waals surface area contributed by atoms with Crippen LogP contribution in [0.3, 0.4) is 0 Å². The molecule has 0 saturated heterocycles. The highest BCUT2D eigenvalue weighted by Gasteiger charge is 2.09. The zero-order chi connectivity index (χ0) is 12.0. The molecule has 0 radical (unpaired) electrons. The molecule has 1 rings (SSSR count). The van der Waals surface area contributed by atoms with E-state index in [9.17, 15) is 5.11 Å². The first kappa shape index (κ1) is 13.5. The summed E-state index contributed by atoms with van der Waals surface area (Å²) in [6.07, 6.45) is 2.93. The van der Waals surface area contributed by atoms with Gasteiger partial charge in [-0.15, -0.1) is 0 Å². The second-order valence-corrected chi connectivity index (χ2v) is 4.83. The summed E-state index contributed by atoms with van der Waals surface area (Å²) in [6.45, 7) is 4.64. The lowest BCUT2D eigenvalue weighted by Gasteiger charge is -2.13. The van der Waals surface area contributed by atoms with Crippen LogP contribution in [0.4, 0.5) is 0 Å². The van der Waals surface area contributed by atoms with Crippen LogP contribution in [0, 0.1) is 0 Å². The number of benzene rings is 1. The van der Waals surface area contributed by atoms with Crippen LogP contribution in [0.15, 0.2) is 22.7 Å². The molecule has 1 aromatic carbocycles. The Kier molecular flexibility index (Phi) is 5.85. The van der Waals surface area contributed by atoms with E-state index in [1.165, 1.54) is 12.8 Å². The van der Waals surface area contributed by atoms with Crippen molar-refractivity contribution < 1.29 is 9.84 Å². The van der Waals surface area contributed by atoms with E-state index >= 15 is 0 Å². The molecule has 1 aromatic rings. The quantitative estimate of drug-likeness (QED) is 0.799. The number of halogens is 1. The Morgan fingerprint density at radius 2 is 2.12 bits per heavy atom. The average Bonchev–Trinajstić information content (AvgIpc) is 2.26. The topological polar surface area (TPSA) is 29.5 Å². The number of hydrogen-bond donors (Lipinski definition) is 1.